The van der Waals surface area contributed by atoms with Gasteiger partial charge in [0.1, 0.15) is 4.90 Å². The molecular formula is C14H17N5O3S. The largest absolute Gasteiger partial charge is 0.335 e. The lowest BCUT2D eigenvalue weighted by Gasteiger charge is -2.09. The first-order valence-electron chi connectivity index (χ1n) is 7.11. The Bertz CT molecular complexity index is 809. The molecule has 0 aliphatic heterocycles. The Morgan fingerprint density at radius 1 is 1.22 bits per heavy atom. The van der Waals surface area contributed by atoms with Crippen molar-refractivity contribution in [1.82, 2.24) is 15.1 Å². The van der Waals surface area contributed by atoms with E-state index in [1.807, 2.05) is 0 Å². The molecule has 2 aromatic rings. The van der Waals surface area contributed by atoms with Crippen LogP contribution in [0.3, 0.4) is 0 Å². The van der Waals surface area contributed by atoms with E-state index in [9.17, 15) is 13.2 Å². The van der Waals surface area contributed by atoms with Crippen molar-refractivity contribution in [1.29, 1.82) is 0 Å². The van der Waals surface area contributed by atoms with Gasteiger partial charge in [0.25, 0.3) is 10.0 Å². The molecule has 9 heteroatoms. The van der Waals surface area contributed by atoms with Gasteiger partial charge < -0.3 is 10.6 Å². The maximum Gasteiger partial charge on any atom is 0.319 e. The molecule has 1 heterocycles. The number of hydrogen-bond acceptors (Lipinski definition) is 4. The smallest absolute Gasteiger partial charge is 0.319 e. The molecule has 2 amide bonds. The summed E-state index contributed by atoms with van der Waals surface area (Å²) in [7, 11) is -2.02. The second-order valence-electron chi connectivity index (χ2n) is 5.41. The number of aryl methyl sites for hydroxylation is 1. The third kappa shape index (κ3) is 4.01. The molecule has 1 saturated carbocycles. The van der Waals surface area contributed by atoms with Crippen molar-refractivity contribution in [2.75, 3.05) is 10.0 Å². The number of aromatic nitrogens is 2. The maximum atomic E-state index is 12.2. The maximum absolute atomic E-state index is 12.2. The summed E-state index contributed by atoms with van der Waals surface area (Å²) >= 11 is 0. The van der Waals surface area contributed by atoms with Crippen LogP contribution in [0.4, 0.5) is 16.2 Å². The second kappa shape index (κ2) is 5.92. The Morgan fingerprint density at radius 2 is 1.87 bits per heavy atom. The predicted octanol–water partition coefficient (Wildman–Crippen LogP) is 1.50. The number of carbonyl (C=O) groups excluding carboxylic acids is 1. The monoisotopic (exact) mass is 335 g/mol. The van der Waals surface area contributed by atoms with E-state index in [4.69, 9.17) is 0 Å². The van der Waals surface area contributed by atoms with E-state index in [0.717, 1.165) is 12.8 Å². The molecule has 1 aromatic heterocycles. The Labute approximate surface area is 133 Å². The van der Waals surface area contributed by atoms with Crippen molar-refractivity contribution in [3.8, 4) is 0 Å². The summed E-state index contributed by atoms with van der Waals surface area (Å²) in [6.07, 6.45) is 4.73. The third-order valence-electron chi connectivity index (χ3n) is 3.30. The topological polar surface area (TPSA) is 105 Å². The van der Waals surface area contributed by atoms with Crippen molar-refractivity contribution in [3.05, 3.63) is 36.7 Å². The first kappa shape index (κ1) is 15.3. The highest BCUT2D eigenvalue weighted by Crippen LogP contribution is 2.20. The number of rotatable bonds is 5. The minimum absolute atomic E-state index is 0.0889. The van der Waals surface area contributed by atoms with E-state index < -0.39 is 10.0 Å². The Hall–Kier alpha value is -2.55. The van der Waals surface area contributed by atoms with Gasteiger partial charge in [0, 0.05) is 30.7 Å². The average Bonchev–Trinajstić information content (AvgIpc) is 3.18. The molecule has 3 rings (SSSR count). The number of urea groups is 1. The summed E-state index contributed by atoms with van der Waals surface area (Å²) in [5.41, 5.74) is 0.995. The van der Waals surface area contributed by atoms with Gasteiger partial charge in [0.05, 0.1) is 6.20 Å². The highest BCUT2D eigenvalue weighted by molar-refractivity contribution is 7.92. The van der Waals surface area contributed by atoms with Crippen LogP contribution in [0.5, 0.6) is 0 Å². The highest BCUT2D eigenvalue weighted by Gasteiger charge is 2.23. The summed E-state index contributed by atoms with van der Waals surface area (Å²) < 4.78 is 28.2. The summed E-state index contributed by atoms with van der Waals surface area (Å²) in [5, 5.41) is 9.35. The summed E-state index contributed by atoms with van der Waals surface area (Å²) in [6, 6.07) is 6.46. The lowest BCUT2D eigenvalue weighted by molar-refractivity contribution is 0.251. The van der Waals surface area contributed by atoms with Crippen molar-refractivity contribution < 1.29 is 13.2 Å². The van der Waals surface area contributed by atoms with E-state index in [-0.39, 0.29) is 17.0 Å². The Balaban J connectivity index is 1.63. The molecule has 0 radical (unpaired) electrons. The van der Waals surface area contributed by atoms with Crippen molar-refractivity contribution >= 4 is 27.4 Å². The fraction of sp³-hybridized carbons (Fsp3) is 0.286. The van der Waals surface area contributed by atoms with Gasteiger partial charge in [-0.05, 0) is 37.1 Å². The standard InChI is InChI=1S/C14H17N5O3S/c1-19-9-13(8-15-19)23(21,22)18-12-6-4-11(5-7-12)17-14(20)16-10-2-3-10/h4-10,18H,2-3H2,1H3,(H2,16,17,20). The van der Waals surface area contributed by atoms with Gasteiger partial charge in [-0.2, -0.15) is 5.10 Å². The van der Waals surface area contributed by atoms with Gasteiger partial charge in [-0.15, -0.1) is 0 Å². The average molecular weight is 335 g/mol. The molecule has 0 saturated heterocycles. The molecule has 8 nitrogen and oxygen atoms in total. The van der Waals surface area contributed by atoms with Crippen LogP contribution in [0.2, 0.25) is 0 Å². The van der Waals surface area contributed by atoms with E-state index in [1.54, 1.807) is 31.3 Å². The number of hydrogen-bond donors (Lipinski definition) is 3. The van der Waals surface area contributed by atoms with Crippen LogP contribution < -0.4 is 15.4 Å². The van der Waals surface area contributed by atoms with Crippen LogP contribution >= 0.6 is 0 Å². The van der Waals surface area contributed by atoms with E-state index in [0.29, 0.717) is 11.4 Å². The van der Waals surface area contributed by atoms with Crippen LogP contribution in [0.1, 0.15) is 12.8 Å². The molecule has 1 fully saturated rings. The summed E-state index contributed by atoms with van der Waals surface area (Å²) in [4.78, 5) is 11.7. The van der Waals surface area contributed by atoms with Gasteiger partial charge in [-0.1, -0.05) is 0 Å². The minimum atomic E-state index is -3.67. The van der Waals surface area contributed by atoms with Crippen molar-refractivity contribution in [3.63, 3.8) is 0 Å². The normalized spacial score (nSPS) is 14.3. The molecular weight excluding hydrogens is 318 g/mol. The molecule has 3 N–H and O–H groups in total. The molecule has 0 unspecified atom stereocenters. The van der Waals surface area contributed by atoms with Crippen LogP contribution in [0, 0.1) is 0 Å². The number of sulfonamides is 1. The fourth-order valence-electron chi connectivity index (χ4n) is 1.95. The second-order valence-corrected chi connectivity index (χ2v) is 7.09. The first-order valence-corrected chi connectivity index (χ1v) is 8.60. The number of nitrogens with one attached hydrogen (secondary N) is 3. The number of benzene rings is 1. The van der Waals surface area contributed by atoms with Gasteiger partial charge >= 0.3 is 6.03 Å². The Morgan fingerprint density at radius 3 is 2.43 bits per heavy atom. The van der Waals surface area contributed by atoms with Gasteiger partial charge in [0.2, 0.25) is 0 Å². The minimum Gasteiger partial charge on any atom is -0.335 e. The zero-order valence-corrected chi connectivity index (χ0v) is 13.3. The van der Waals surface area contributed by atoms with Crippen molar-refractivity contribution in [2.24, 2.45) is 7.05 Å². The number of nitrogens with zero attached hydrogens (tertiary/aromatic N) is 2. The predicted molar refractivity (Wildman–Crippen MR) is 85.6 cm³/mol. The fourth-order valence-corrected chi connectivity index (χ4v) is 2.99. The molecule has 1 aliphatic rings. The van der Waals surface area contributed by atoms with Gasteiger partial charge in [-0.3, -0.25) is 9.40 Å². The number of amides is 2. The zero-order chi connectivity index (χ0) is 16.4. The van der Waals surface area contributed by atoms with Crippen LogP contribution in [-0.4, -0.2) is 30.3 Å². The molecule has 0 bridgehead atoms. The van der Waals surface area contributed by atoms with E-state index in [1.165, 1.54) is 17.1 Å². The lowest BCUT2D eigenvalue weighted by Crippen LogP contribution is -2.30. The van der Waals surface area contributed by atoms with Crippen LogP contribution in [-0.2, 0) is 17.1 Å². The van der Waals surface area contributed by atoms with Crippen molar-refractivity contribution in [2.45, 2.75) is 23.8 Å². The highest BCUT2D eigenvalue weighted by atomic mass is 32.2. The van der Waals surface area contributed by atoms with Crippen LogP contribution in [0.15, 0.2) is 41.6 Å². The summed E-state index contributed by atoms with van der Waals surface area (Å²) in [6.45, 7) is 0. The Kier molecular flexibility index (Phi) is 3.95. The zero-order valence-electron chi connectivity index (χ0n) is 12.5. The number of carbonyl (C=O) groups is 1. The quantitative estimate of drug-likeness (QED) is 0.770. The molecule has 23 heavy (non-hydrogen) atoms. The first-order chi connectivity index (χ1) is 10.9. The third-order valence-corrected chi connectivity index (χ3v) is 4.63. The van der Waals surface area contributed by atoms with Crippen LogP contribution in [0.25, 0.3) is 0 Å². The van der Waals surface area contributed by atoms with Gasteiger partial charge in [-0.25, -0.2) is 13.2 Å². The molecule has 1 aromatic carbocycles. The lowest BCUT2D eigenvalue weighted by atomic mass is 10.3. The molecule has 0 atom stereocenters. The summed E-state index contributed by atoms with van der Waals surface area (Å²) in [5.74, 6) is 0. The molecule has 122 valence electrons. The van der Waals surface area contributed by atoms with E-state index >= 15 is 0 Å². The number of anilines is 2. The SMILES string of the molecule is Cn1cc(S(=O)(=O)Nc2ccc(NC(=O)NC3CC3)cc2)cn1. The van der Waals surface area contributed by atoms with Gasteiger partial charge in [0.15, 0.2) is 0 Å². The molecule has 0 spiro atoms. The molecule has 1 aliphatic carbocycles. The van der Waals surface area contributed by atoms with E-state index in [2.05, 4.69) is 20.5 Å².